The highest BCUT2D eigenvalue weighted by Crippen LogP contribution is 2.44. The molecule has 12 heteroatoms. The van der Waals surface area contributed by atoms with Crippen LogP contribution in [-0.4, -0.2) is 51.5 Å². The number of hydrogen-bond acceptors (Lipinski definition) is 7. The van der Waals surface area contributed by atoms with Gasteiger partial charge in [0.1, 0.15) is 5.75 Å². The zero-order valence-electron chi connectivity index (χ0n) is 19.0. The average molecular weight is 521 g/mol. The Bertz CT molecular complexity index is 1350. The van der Waals surface area contributed by atoms with Gasteiger partial charge in [0.2, 0.25) is 0 Å². The maximum absolute atomic E-state index is 13.5. The van der Waals surface area contributed by atoms with Crippen molar-refractivity contribution in [3.8, 4) is 5.75 Å². The number of morpholine rings is 1. The molecule has 8 nitrogen and oxygen atoms in total. The minimum atomic E-state index is -4.47. The average Bonchev–Trinajstić information content (AvgIpc) is 2.88. The summed E-state index contributed by atoms with van der Waals surface area (Å²) < 4.78 is 79.9. The van der Waals surface area contributed by atoms with Gasteiger partial charge in [0.15, 0.2) is 5.82 Å². The summed E-state index contributed by atoms with van der Waals surface area (Å²) >= 11 is 0. The van der Waals surface area contributed by atoms with Crippen LogP contribution in [0, 0.1) is 0 Å². The van der Waals surface area contributed by atoms with E-state index >= 15 is 0 Å². The highest BCUT2D eigenvalue weighted by molar-refractivity contribution is 7.92. The van der Waals surface area contributed by atoms with E-state index in [4.69, 9.17) is 9.47 Å². The van der Waals surface area contributed by atoms with Gasteiger partial charge in [-0.05, 0) is 42.3 Å². The third kappa shape index (κ3) is 4.96. The standard InChI is InChI=1S/C24H23F3N4O4S/c25-24(26,27)16-3-5-19(21(14-16)31-9-12-34-13-10-31)18-7-11-35-22-15-17(4-6-20(18)22)36(32,33)30-23-2-1-8-28-29-23/h1-6,8,14-15,18H,7,9-13H2,(H,29,30). The van der Waals surface area contributed by atoms with Gasteiger partial charge in [-0.3, -0.25) is 4.72 Å². The molecule has 1 unspecified atom stereocenters. The number of hydrogen-bond donors (Lipinski definition) is 1. The van der Waals surface area contributed by atoms with Gasteiger partial charge in [0.25, 0.3) is 10.0 Å². The van der Waals surface area contributed by atoms with Gasteiger partial charge in [-0.25, -0.2) is 8.42 Å². The van der Waals surface area contributed by atoms with Crippen LogP contribution in [0.25, 0.3) is 0 Å². The van der Waals surface area contributed by atoms with Crippen molar-refractivity contribution < 1.29 is 31.1 Å². The quantitative estimate of drug-likeness (QED) is 0.543. The summed E-state index contributed by atoms with van der Waals surface area (Å²) in [5.74, 6) is 0.189. The number of alkyl halides is 3. The van der Waals surface area contributed by atoms with E-state index in [2.05, 4.69) is 14.9 Å². The van der Waals surface area contributed by atoms with Crippen LogP contribution in [0.15, 0.2) is 59.6 Å². The summed E-state index contributed by atoms with van der Waals surface area (Å²) in [6.45, 7) is 2.12. The van der Waals surface area contributed by atoms with Crippen LogP contribution in [0.3, 0.4) is 0 Å². The largest absolute Gasteiger partial charge is 0.493 e. The second-order valence-electron chi connectivity index (χ2n) is 8.47. The first kappa shape index (κ1) is 24.3. The first-order valence-corrected chi connectivity index (χ1v) is 12.8. The van der Waals surface area contributed by atoms with E-state index < -0.39 is 21.8 Å². The van der Waals surface area contributed by atoms with Gasteiger partial charge < -0.3 is 14.4 Å². The van der Waals surface area contributed by atoms with Gasteiger partial charge in [-0.15, -0.1) is 5.10 Å². The monoisotopic (exact) mass is 520 g/mol. The molecule has 0 bridgehead atoms. The molecule has 1 atom stereocenters. The molecule has 0 saturated carbocycles. The van der Waals surface area contributed by atoms with E-state index in [0.717, 1.165) is 11.6 Å². The predicted octanol–water partition coefficient (Wildman–Crippen LogP) is 4.05. The van der Waals surface area contributed by atoms with Crippen molar-refractivity contribution in [1.29, 1.82) is 0 Å². The highest BCUT2D eigenvalue weighted by atomic mass is 32.2. The molecule has 3 heterocycles. The lowest BCUT2D eigenvalue weighted by Gasteiger charge is -2.34. The van der Waals surface area contributed by atoms with Crippen LogP contribution in [-0.2, 0) is 20.9 Å². The number of sulfonamides is 1. The molecule has 0 amide bonds. The van der Waals surface area contributed by atoms with E-state index in [9.17, 15) is 21.6 Å². The maximum atomic E-state index is 13.5. The molecule has 1 aromatic heterocycles. The molecule has 1 saturated heterocycles. The SMILES string of the molecule is O=S(=O)(Nc1cccnn1)c1ccc2c(c1)OCCC2c1ccc(C(F)(F)F)cc1N1CCOCC1. The summed E-state index contributed by atoms with van der Waals surface area (Å²) in [6, 6.07) is 11.4. The molecule has 5 rings (SSSR count). The Morgan fingerprint density at radius 3 is 2.50 bits per heavy atom. The maximum Gasteiger partial charge on any atom is 0.416 e. The number of halogens is 3. The molecule has 0 aliphatic carbocycles. The van der Waals surface area contributed by atoms with E-state index in [0.29, 0.717) is 56.3 Å². The molecule has 0 spiro atoms. The number of benzene rings is 2. The summed E-state index contributed by atoms with van der Waals surface area (Å²) in [5, 5.41) is 7.40. The smallest absolute Gasteiger partial charge is 0.416 e. The molecule has 2 aromatic carbocycles. The molecule has 0 radical (unpaired) electrons. The molecule has 190 valence electrons. The van der Waals surface area contributed by atoms with E-state index in [1.54, 1.807) is 12.1 Å². The van der Waals surface area contributed by atoms with Crippen molar-refractivity contribution in [1.82, 2.24) is 10.2 Å². The number of ether oxygens (including phenoxy) is 2. The van der Waals surface area contributed by atoms with Crippen molar-refractivity contribution in [2.24, 2.45) is 0 Å². The third-order valence-corrected chi connectivity index (χ3v) is 7.58. The fourth-order valence-corrected chi connectivity index (χ4v) is 5.52. The number of fused-ring (bicyclic) bond motifs is 1. The fraction of sp³-hybridized carbons (Fsp3) is 0.333. The number of anilines is 2. The highest BCUT2D eigenvalue weighted by Gasteiger charge is 2.34. The Balaban J connectivity index is 1.51. The van der Waals surface area contributed by atoms with Crippen LogP contribution in [0.1, 0.15) is 29.0 Å². The second kappa shape index (κ2) is 9.58. The number of nitrogens with zero attached hydrogens (tertiary/aromatic N) is 3. The summed E-state index contributed by atoms with van der Waals surface area (Å²) in [6.07, 6.45) is -2.50. The molecule has 1 fully saturated rings. The Kier molecular flexibility index (Phi) is 6.47. The van der Waals surface area contributed by atoms with Crippen LogP contribution in [0.2, 0.25) is 0 Å². The van der Waals surface area contributed by atoms with E-state index in [-0.39, 0.29) is 16.6 Å². The van der Waals surface area contributed by atoms with Crippen LogP contribution >= 0.6 is 0 Å². The normalized spacial score (nSPS) is 18.3. The summed E-state index contributed by atoms with van der Waals surface area (Å²) in [5.41, 5.74) is 1.25. The Morgan fingerprint density at radius 1 is 1.00 bits per heavy atom. The van der Waals surface area contributed by atoms with Gasteiger partial charge in [0.05, 0.1) is 30.3 Å². The Morgan fingerprint density at radius 2 is 1.78 bits per heavy atom. The fourth-order valence-electron chi connectivity index (χ4n) is 4.51. The zero-order valence-corrected chi connectivity index (χ0v) is 19.8. The minimum absolute atomic E-state index is 0.0200. The lowest BCUT2D eigenvalue weighted by molar-refractivity contribution is -0.137. The first-order chi connectivity index (χ1) is 17.2. The van der Waals surface area contributed by atoms with Crippen molar-refractivity contribution in [2.75, 3.05) is 42.5 Å². The first-order valence-electron chi connectivity index (χ1n) is 11.3. The van der Waals surface area contributed by atoms with E-state index in [1.807, 2.05) is 4.90 Å². The van der Waals surface area contributed by atoms with Crippen LogP contribution < -0.4 is 14.4 Å². The van der Waals surface area contributed by atoms with Crippen molar-refractivity contribution in [3.05, 3.63) is 71.4 Å². The Hall–Kier alpha value is -3.38. The predicted molar refractivity (Wildman–Crippen MR) is 126 cm³/mol. The molecular weight excluding hydrogens is 497 g/mol. The summed E-state index contributed by atoms with van der Waals surface area (Å²) in [4.78, 5) is 1.89. The van der Waals surface area contributed by atoms with Crippen LogP contribution in [0.5, 0.6) is 5.75 Å². The van der Waals surface area contributed by atoms with Crippen LogP contribution in [0.4, 0.5) is 24.7 Å². The third-order valence-electron chi connectivity index (χ3n) is 6.23. The van der Waals surface area contributed by atoms with E-state index in [1.165, 1.54) is 36.5 Å². The lowest BCUT2D eigenvalue weighted by atomic mass is 9.85. The van der Waals surface area contributed by atoms with Crippen molar-refractivity contribution >= 4 is 21.5 Å². The van der Waals surface area contributed by atoms with Crippen molar-refractivity contribution in [3.63, 3.8) is 0 Å². The van der Waals surface area contributed by atoms with Gasteiger partial charge >= 0.3 is 6.18 Å². The number of nitrogens with one attached hydrogen (secondary N) is 1. The zero-order chi connectivity index (χ0) is 25.3. The number of rotatable bonds is 5. The molecule has 2 aliphatic rings. The molecular formula is C24H23F3N4O4S. The van der Waals surface area contributed by atoms with Gasteiger partial charge in [-0.1, -0.05) is 12.1 Å². The molecule has 2 aliphatic heterocycles. The molecule has 1 N–H and O–H groups in total. The minimum Gasteiger partial charge on any atom is -0.493 e. The number of aromatic nitrogens is 2. The van der Waals surface area contributed by atoms with Gasteiger partial charge in [-0.2, -0.15) is 18.3 Å². The molecule has 36 heavy (non-hydrogen) atoms. The topological polar surface area (TPSA) is 93.7 Å². The second-order valence-corrected chi connectivity index (χ2v) is 10.2. The summed E-state index contributed by atoms with van der Waals surface area (Å²) in [7, 11) is -3.96. The van der Waals surface area contributed by atoms with Gasteiger partial charge in [0, 0.05) is 42.5 Å². The Labute approximate surface area is 206 Å². The van der Waals surface area contributed by atoms with Crippen molar-refractivity contribution in [2.45, 2.75) is 23.4 Å². The lowest BCUT2D eigenvalue weighted by Crippen LogP contribution is -2.37. The molecule has 3 aromatic rings.